The summed E-state index contributed by atoms with van der Waals surface area (Å²) in [6, 6.07) is 7.78. The monoisotopic (exact) mass is 308 g/mol. The van der Waals surface area contributed by atoms with E-state index < -0.39 is 10.0 Å². The average molecular weight is 308 g/mol. The van der Waals surface area contributed by atoms with Crippen LogP contribution in [-0.2, 0) is 16.6 Å². The van der Waals surface area contributed by atoms with Crippen molar-refractivity contribution < 1.29 is 17.6 Å². The van der Waals surface area contributed by atoms with Gasteiger partial charge in [-0.3, -0.25) is 4.79 Å². The number of sulfonamides is 1. The molecule has 21 heavy (non-hydrogen) atoms. The molecule has 0 spiro atoms. The number of furan rings is 1. The number of hydrogen-bond donors (Lipinski definition) is 2. The molecule has 2 N–H and O–H groups in total. The second-order valence-corrected chi connectivity index (χ2v) is 6.23. The van der Waals surface area contributed by atoms with Gasteiger partial charge in [-0.1, -0.05) is 6.07 Å². The van der Waals surface area contributed by atoms with E-state index in [1.807, 2.05) is 0 Å². The maximum Gasteiger partial charge on any atom is 0.251 e. The van der Waals surface area contributed by atoms with Crippen LogP contribution in [0.25, 0.3) is 0 Å². The van der Waals surface area contributed by atoms with Gasteiger partial charge in [0.25, 0.3) is 5.91 Å². The number of carbonyl (C=O) groups excluding carboxylic acids is 1. The molecule has 1 amide bonds. The van der Waals surface area contributed by atoms with Crippen LogP contribution in [0.5, 0.6) is 0 Å². The van der Waals surface area contributed by atoms with E-state index in [1.165, 1.54) is 25.4 Å². The summed E-state index contributed by atoms with van der Waals surface area (Å²) in [5.41, 5.74) is 1.04. The van der Waals surface area contributed by atoms with Gasteiger partial charge in [0.2, 0.25) is 10.0 Å². The SMILES string of the molecule is CNC(=O)c1cc(S(=O)(=O)NCc2ccco2)ccc1C. The Morgan fingerprint density at radius 1 is 1.29 bits per heavy atom. The van der Waals surface area contributed by atoms with Crippen molar-refractivity contribution in [1.29, 1.82) is 0 Å². The van der Waals surface area contributed by atoms with E-state index in [0.717, 1.165) is 0 Å². The number of nitrogens with one attached hydrogen (secondary N) is 2. The quantitative estimate of drug-likeness (QED) is 0.874. The first kappa shape index (κ1) is 15.3. The summed E-state index contributed by atoms with van der Waals surface area (Å²) in [6.45, 7) is 1.80. The number of carbonyl (C=O) groups is 1. The first-order chi connectivity index (χ1) is 9.94. The van der Waals surface area contributed by atoms with Crippen molar-refractivity contribution in [3.05, 3.63) is 53.5 Å². The molecule has 0 saturated carbocycles. The highest BCUT2D eigenvalue weighted by Gasteiger charge is 2.17. The predicted molar refractivity (Wildman–Crippen MR) is 77.3 cm³/mol. The number of rotatable bonds is 5. The molecule has 2 rings (SSSR count). The van der Waals surface area contributed by atoms with E-state index in [4.69, 9.17) is 4.42 Å². The third kappa shape index (κ3) is 3.50. The first-order valence-electron chi connectivity index (χ1n) is 6.29. The van der Waals surface area contributed by atoms with Gasteiger partial charge in [-0.25, -0.2) is 13.1 Å². The number of aryl methyl sites for hydroxylation is 1. The smallest absolute Gasteiger partial charge is 0.251 e. The van der Waals surface area contributed by atoms with Crippen LogP contribution in [0.3, 0.4) is 0 Å². The largest absolute Gasteiger partial charge is 0.468 e. The van der Waals surface area contributed by atoms with Crippen molar-refractivity contribution in [3.8, 4) is 0 Å². The van der Waals surface area contributed by atoms with E-state index in [1.54, 1.807) is 25.1 Å². The molecule has 0 bridgehead atoms. The second kappa shape index (κ2) is 6.11. The molecule has 1 aromatic carbocycles. The van der Waals surface area contributed by atoms with Gasteiger partial charge in [0.15, 0.2) is 0 Å². The van der Waals surface area contributed by atoms with Crippen LogP contribution in [0.2, 0.25) is 0 Å². The third-order valence-electron chi connectivity index (χ3n) is 3.01. The van der Waals surface area contributed by atoms with Crippen LogP contribution >= 0.6 is 0 Å². The summed E-state index contributed by atoms with van der Waals surface area (Å²) in [4.78, 5) is 11.8. The molecule has 1 heterocycles. The number of hydrogen-bond acceptors (Lipinski definition) is 4. The van der Waals surface area contributed by atoms with Gasteiger partial charge in [-0.15, -0.1) is 0 Å². The summed E-state index contributed by atoms with van der Waals surface area (Å²) in [7, 11) is -2.21. The molecule has 0 aliphatic carbocycles. The Morgan fingerprint density at radius 3 is 2.67 bits per heavy atom. The molecule has 112 valence electrons. The normalized spacial score (nSPS) is 11.3. The Morgan fingerprint density at radius 2 is 2.05 bits per heavy atom. The van der Waals surface area contributed by atoms with Crippen LogP contribution in [0.4, 0.5) is 0 Å². The second-order valence-electron chi connectivity index (χ2n) is 4.46. The highest BCUT2D eigenvalue weighted by atomic mass is 32.2. The van der Waals surface area contributed by atoms with Gasteiger partial charge in [0, 0.05) is 12.6 Å². The summed E-state index contributed by atoms with van der Waals surface area (Å²) in [6.07, 6.45) is 1.47. The Bertz CT molecular complexity index is 736. The van der Waals surface area contributed by atoms with Crippen LogP contribution in [0.15, 0.2) is 45.9 Å². The van der Waals surface area contributed by atoms with Crippen molar-refractivity contribution in [2.45, 2.75) is 18.4 Å². The van der Waals surface area contributed by atoms with Crippen molar-refractivity contribution in [2.24, 2.45) is 0 Å². The average Bonchev–Trinajstić information content (AvgIpc) is 2.98. The van der Waals surface area contributed by atoms with Crippen LogP contribution in [-0.4, -0.2) is 21.4 Å². The summed E-state index contributed by atoms with van der Waals surface area (Å²) in [5, 5.41) is 2.49. The lowest BCUT2D eigenvalue weighted by molar-refractivity contribution is 0.0962. The molecule has 0 fully saturated rings. The molecular formula is C14H16N2O4S. The highest BCUT2D eigenvalue weighted by Crippen LogP contribution is 2.16. The minimum atomic E-state index is -3.71. The maximum atomic E-state index is 12.2. The predicted octanol–water partition coefficient (Wildman–Crippen LogP) is 1.43. The van der Waals surface area contributed by atoms with E-state index in [2.05, 4.69) is 10.0 Å². The number of benzene rings is 1. The molecule has 0 aliphatic heterocycles. The zero-order valence-electron chi connectivity index (χ0n) is 11.7. The zero-order valence-corrected chi connectivity index (χ0v) is 12.5. The Labute approximate surface area is 123 Å². The minimum Gasteiger partial charge on any atom is -0.468 e. The molecule has 6 nitrogen and oxygen atoms in total. The van der Waals surface area contributed by atoms with Crippen molar-refractivity contribution >= 4 is 15.9 Å². The standard InChI is InChI=1S/C14H16N2O4S/c1-10-5-6-12(8-13(10)14(17)15-2)21(18,19)16-9-11-4-3-7-20-11/h3-8,16H,9H2,1-2H3,(H,15,17). The van der Waals surface area contributed by atoms with Gasteiger partial charge in [-0.2, -0.15) is 0 Å². The van der Waals surface area contributed by atoms with Gasteiger partial charge in [0.05, 0.1) is 17.7 Å². The number of amides is 1. The molecule has 1 aromatic heterocycles. The first-order valence-corrected chi connectivity index (χ1v) is 7.77. The Balaban J connectivity index is 2.25. The lowest BCUT2D eigenvalue weighted by Gasteiger charge is -2.09. The molecule has 0 unspecified atom stereocenters. The molecule has 7 heteroatoms. The molecule has 0 saturated heterocycles. The van der Waals surface area contributed by atoms with Crippen LogP contribution in [0.1, 0.15) is 21.7 Å². The highest BCUT2D eigenvalue weighted by molar-refractivity contribution is 7.89. The lowest BCUT2D eigenvalue weighted by atomic mass is 10.1. The third-order valence-corrected chi connectivity index (χ3v) is 4.41. The molecule has 0 atom stereocenters. The Kier molecular flexibility index (Phi) is 4.44. The fourth-order valence-corrected chi connectivity index (χ4v) is 2.83. The van der Waals surface area contributed by atoms with Gasteiger partial charge >= 0.3 is 0 Å². The van der Waals surface area contributed by atoms with E-state index in [9.17, 15) is 13.2 Å². The van der Waals surface area contributed by atoms with E-state index in [0.29, 0.717) is 16.9 Å². The van der Waals surface area contributed by atoms with Crippen molar-refractivity contribution in [3.63, 3.8) is 0 Å². The zero-order chi connectivity index (χ0) is 15.5. The van der Waals surface area contributed by atoms with Gasteiger partial charge in [-0.05, 0) is 36.8 Å². The fourth-order valence-electron chi connectivity index (χ4n) is 1.81. The van der Waals surface area contributed by atoms with Crippen LogP contribution < -0.4 is 10.0 Å². The topological polar surface area (TPSA) is 88.4 Å². The van der Waals surface area contributed by atoms with E-state index in [-0.39, 0.29) is 17.3 Å². The van der Waals surface area contributed by atoms with E-state index >= 15 is 0 Å². The maximum absolute atomic E-state index is 12.2. The molecule has 0 aliphatic rings. The van der Waals surface area contributed by atoms with Gasteiger partial charge < -0.3 is 9.73 Å². The van der Waals surface area contributed by atoms with Gasteiger partial charge in [0.1, 0.15) is 5.76 Å². The molecular weight excluding hydrogens is 292 g/mol. The fraction of sp³-hybridized carbons (Fsp3) is 0.214. The van der Waals surface area contributed by atoms with Crippen molar-refractivity contribution in [2.75, 3.05) is 7.05 Å². The van der Waals surface area contributed by atoms with Crippen molar-refractivity contribution in [1.82, 2.24) is 10.0 Å². The summed E-state index contributed by atoms with van der Waals surface area (Å²) < 4.78 is 31.9. The molecule has 2 aromatic rings. The lowest BCUT2D eigenvalue weighted by Crippen LogP contribution is -2.24. The Hall–Kier alpha value is -2.12. The molecule has 0 radical (unpaired) electrons. The minimum absolute atomic E-state index is 0.0401. The van der Waals surface area contributed by atoms with Crippen LogP contribution in [0, 0.1) is 6.92 Å². The summed E-state index contributed by atoms with van der Waals surface area (Å²) in [5.74, 6) is 0.188. The summed E-state index contributed by atoms with van der Waals surface area (Å²) >= 11 is 0.